The lowest BCUT2D eigenvalue weighted by atomic mass is 10.0. The molecular formula is C24H29ClN2O4. The molecule has 1 fully saturated rings. The van der Waals surface area contributed by atoms with Gasteiger partial charge >= 0.3 is 0 Å². The van der Waals surface area contributed by atoms with Gasteiger partial charge in [0.25, 0.3) is 0 Å². The van der Waals surface area contributed by atoms with E-state index >= 15 is 0 Å². The number of halogens is 1. The molecule has 0 radical (unpaired) electrons. The Kier molecular flexibility index (Phi) is 7.54. The fourth-order valence-corrected chi connectivity index (χ4v) is 4.16. The molecule has 0 aliphatic carbocycles. The van der Waals surface area contributed by atoms with Crippen molar-refractivity contribution in [2.45, 2.75) is 31.7 Å². The lowest BCUT2D eigenvalue weighted by Gasteiger charge is -2.25. The second kappa shape index (κ2) is 10.7. The second-order valence-electron chi connectivity index (χ2n) is 8.01. The molecule has 31 heavy (non-hydrogen) atoms. The number of rotatable bonds is 9. The third-order valence-electron chi connectivity index (χ3n) is 5.54. The van der Waals surface area contributed by atoms with E-state index in [-0.39, 0.29) is 11.9 Å². The normalized spacial score (nSPS) is 16.7. The van der Waals surface area contributed by atoms with E-state index in [4.69, 9.17) is 25.8 Å². The first-order chi connectivity index (χ1) is 15.2. The molecular weight excluding hydrogens is 416 g/mol. The van der Waals surface area contributed by atoms with Crippen molar-refractivity contribution < 1.29 is 19.0 Å². The number of likely N-dealkylation sites (tertiary alicyclic amines) is 1. The van der Waals surface area contributed by atoms with E-state index in [9.17, 15) is 4.79 Å². The van der Waals surface area contributed by atoms with Gasteiger partial charge < -0.3 is 24.4 Å². The minimum absolute atomic E-state index is 0.00398. The Morgan fingerprint density at radius 1 is 1.06 bits per heavy atom. The van der Waals surface area contributed by atoms with Gasteiger partial charge in [0.1, 0.15) is 19.0 Å². The zero-order valence-corrected chi connectivity index (χ0v) is 18.4. The van der Waals surface area contributed by atoms with Crippen molar-refractivity contribution in [3.8, 4) is 17.2 Å². The van der Waals surface area contributed by atoms with Crippen LogP contribution in [-0.4, -0.2) is 56.3 Å². The zero-order chi connectivity index (χ0) is 21.5. The molecule has 2 aromatic rings. The quantitative estimate of drug-likeness (QED) is 0.639. The maximum atomic E-state index is 12.6. The van der Waals surface area contributed by atoms with Gasteiger partial charge in [-0.1, -0.05) is 17.7 Å². The summed E-state index contributed by atoms with van der Waals surface area (Å²) in [5, 5.41) is 3.88. The molecule has 0 bridgehead atoms. The fourth-order valence-electron chi connectivity index (χ4n) is 4.03. The number of benzene rings is 2. The number of hydrogen-bond donors (Lipinski definition) is 1. The van der Waals surface area contributed by atoms with Crippen LogP contribution in [0.4, 0.5) is 0 Å². The highest BCUT2D eigenvalue weighted by Gasteiger charge is 2.21. The minimum atomic E-state index is -0.00398. The van der Waals surface area contributed by atoms with E-state index in [1.54, 1.807) is 24.3 Å². The number of ether oxygens (including phenoxy) is 3. The van der Waals surface area contributed by atoms with Gasteiger partial charge in [0, 0.05) is 17.6 Å². The molecule has 4 rings (SSSR count). The second-order valence-corrected chi connectivity index (χ2v) is 8.44. The number of amides is 1. The molecule has 1 atom stereocenters. The Balaban J connectivity index is 1.32. The van der Waals surface area contributed by atoms with Crippen molar-refractivity contribution in [2.75, 3.05) is 39.5 Å². The molecule has 1 saturated heterocycles. The Hall–Kier alpha value is -2.44. The molecule has 2 aliphatic heterocycles. The van der Waals surface area contributed by atoms with Crippen molar-refractivity contribution in [3.05, 3.63) is 53.1 Å². The summed E-state index contributed by atoms with van der Waals surface area (Å²) < 4.78 is 17.0. The summed E-state index contributed by atoms with van der Waals surface area (Å²) in [7, 11) is 0. The van der Waals surface area contributed by atoms with Gasteiger partial charge in [-0.25, -0.2) is 0 Å². The van der Waals surface area contributed by atoms with Crippen molar-refractivity contribution in [1.29, 1.82) is 0 Å². The molecule has 1 amide bonds. The largest absolute Gasteiger partial charge is 0.493 e. The van der Waals surface area contributed by atoms with E-state index < -0.39 is 0 Å². The molecule has 6 nitrogen and oxygen atoms in total. The van der Waals surface area contributed by atoms with Crippen LogP contribution in [0, 0.1) is 0 Å². The van der Waals surface area contributed by atoms with Crippen LogP contribution in [0.3, 0.4) is 0 Å². The van der Waals surface area contributed by atoms with Gasteiger partial charge in [-0.3, -0.25) is 4.79 Å². The minimum Gasteiger partial charge on any atom is -0.493 e. The van der Waals surface area contributed by atoms with Crippen LogP contribution in [0.25, 0.3) is 0 Å². The molecule has 0 spiro atoms. The van der Waals surface area contributed by atoms with Gasteiger partial charge in [-0.05, 0) is 74.3 Å². The predicted octanol–water partition coefficient (Wildman–Crippen LogP) is 3.70. The Labute approximate surface area is 188 Å². The SMILES string of the molecule is O=C(CCOc1ccc(Cl)cc1)N[C@@H](Cc1ccc2c(c1)OCCO2)CN1CCCC1. The van der Waals surface area contributed by atoms with Gasteiger partial charge in [-0.15, -0.1) is 0 Å². The van der Waals surface area contributed by atoms with E-state index in [1.165, 1.54) is 12.8 Å². The highest BCUT2D eigenvalue weighted by Crippen LogP contribution is 2.31. The van der Waals surface area contributed by atoms with Crippen LogP contribution >= 0.6 is 11.6 Å². The zero-order valence-electron chi connectivity index (χ0n) is 17.6. The summed E-state index contributed by atoms with van der Waals surface area (Å²) in [6.07, 6.45) is 3.50. The molecule has 1 N–H and O–H groups in total. The number of nitrogens with one attached hydrogen (secondary N) is 1. The van der Waals surface area contributed by atoms with Gasteiger partial charge in [-0.2, -0.15) is 0 Å². The van der Waals surface area contributed by atoms with Gasteiger partial charge in [0.15, 0.2) is 11.5 Å². The third kappa shape index (κ3) is 6.52. The van der Waals surface area contributed by atoms with Crippen molar-refractivity contribution in [1.82, 2.24) is 10.2 Å². The molecule has 0 aromatic heterocycles. The molecule has 2 aliphatic rings. The van der Waals surface area contributed by atoms with Crippen molar-refractivity contribution in [3.63, 3.8) is 0 Å². The number of fused-ring (bicyclic) bond motifs is 1. The highest BCUT2D eigenvalue weighted by molar-refractivity contribution is 6.30. The van der Waals surface area contributed by atoms with E-state index in [2.05, 4.69) is 16.3 Å². The molecule has 0 unspecified atom stereocenters. The maximum absolute atomic E-state index is 12.6. The number of carbonyl (C=O) groups excluding carboxylic acids is 1. The smallest absolute Gasteiger partial charge is 0.223 e. The Bertz CT molecular complexity index is 868. The summed E-state index contributed by atoms with van der Waals surface area (Å²) in [5.41, 5.74) is 1.13. The first-order valence-corrected chi connectivity index (χ1v) is 11.3. The average Bonchev–Trinajstić information content (AvgIpc) is 3.28. The lowest BCUT2D eigenvalue weighted by Crippen LogP contribution is -2.44. The third-order valence-corrected chi connectivity index (χ3v) is 5.79. The van der Waals surface area contributed by atoms with Crippen LogP contribution in [0.2, 0.25) is 5.02 Å². The molecule has 2 heterocycles. The molecule has 0 saturated carbocycles. The lowest BCUT2D eigenvalue weighted by molar-refractivity contribution is -0.122. The molecule has 166 valence electrons. The Morgan fingerprint density at radius 2 is 1.81 bits per heavy atom. The summed E-state index contributed by atoms with van der Waals surface area (Å²) in [6.45, 7) is 4.50. The van der Waals surface area contributed by atoms with Crippen LogP contribution in [-0.2, 0) is 11.2 Å². The molecule has 2 aromatic carbocycles. The van der Waals surface area contributed by atoms with Crippen LogP contribution < -0.4 is 19.5 Å². The van der Waals surface area contributed by atoms with Crippen LogP contribution in [0.1, 0.15) is 24.8 Å². The first-order valence-electron chi connectivity index (χ1n) is 10.9. The summed E-state index contributed by atoms with van der Waals surface area (Å²) in [6, 6.07) is 13.2. The van der Waals surface area contributed by atoms with E-state index in [1.807, 2.05) is 12.1 Å². The van der Waals surface area contributed by atoms with Crippen LogP contribution in [0.5, 0.6) is 17.2 Å². The van der Waals surface area contributed by atoms with E-state index in [0.29, 0.717) is 37.0 Å². The average molecular weight is 445 g/mol. The first kappa shape index (κ1) is 21.8. The standard InChI is InChI=1S/C24H29ClN2O4/c25-19-4-6-21(7-5-19)29-12-9-24(28)26-20(17-27-10-1-2-11-27)15-18-3-8-22-23(16-18)31-14-13-30-22/h3-8,16,20H,1-2,9-15,17H2,(H,26,28)/t20-/m0/s1. The number of carbonyl (C=O) groups is 1. The summed E-state index contributed by atoms with van der Waals surface area (Å²) >= 11 is 5.89. The monoisotopic (exact) mass is 444 g/mol. The maximum Gasteiger partial charge on any atom is 0.223 e. The predicted molar refractivity (Wildman–Crippen MR) is 120 cm³/mol. The van der Waals surface area contributed by atoms with Crippen molar-refractivity contribution >= 4 is 17.5 Å². The van der Waals surface area contributed by atoms with Crippen molar-refractivity contribution in [2.24, 2.45) is 0 Å². The highest BCUT2D eigenvalue weighted by atomic mass is 35.5. The topological polar surface area (TPSA) is 60.0 Å². The number of nitrogens with zero attached hydrogens (tertiary/aromatic N) is 1. The Morgan fingerprint density at radius 3 is 2.58 bits per heavy atom. The number of hydrogen-bond acceptors (Lipinski definition) is 5. The summed E-state index contributed by atoms with van der Waals surface area (Å²) in [4.78, 5) is 15.0. The fraction of sp³-hybridized carbons (Fsp3) is 0.458. The van der Waals surface area contributed by atoms with Gasteiger partial charge in [0.05, 0.1) is 13.0 Å². The molecule has 7 heteroatoms. The van der Waals surface area contributed by atoms with Gasteiger partial charge in [0.2, 0.25) is 5.91 Å². The summed E-state index contributed by atoms with van der Waals surface area (Å²) in [5.74, 6) is 2.28. The van der Waals surface area contributed by atoms with Crippen LogP contribution in [0.15, 0.2) is 42.5 Å². The van der Waals surface area contributed by atoms with E-state index in [0.717, 1.165) is 43.1 Å².